The van der Waals surface area contributed by atoms with Crippen LogP contribution in [0.2, 0.25) is 5.15 Å². The van der Waals surface area contributed by atoms with Crippen LogP contribution in [-0.4, -0.2) is 16.1 Å². The second-order valence-corrected chi connectivity index (χ2v) is 7.39. The maximum absolute atomic E-state index is 13.8. The van der Waals surface area contributed by atoms with E-state index in [1.54, 1.807) is 30.3 Å². The lowest BCUT2D eigenvalue weighted by Gasteiger charge is -2.16. The Kier molecular flexibility index (Phi) is 6.11. The number of carboxylic acids is 1. The molecule has 0 fully saturated rings. The lowest BCUT2D eigenvalue weighted by molar-refractivity contribution is -0.138. The lowest BCUT2D eigenvalue weighted by Crippen LogP contribution is -2.07. The molecule has 0 saturated heterocycles. The zero-order chi connectivity index (χ0) is 23.6. The number of pyridine rings is 1. The maximum Gasteiger partial charge on any atom is 0.420 e. The number of fused-ring (bicyclic) bond motifs is 1. The highest BCUT2D eigenvalue weighted by Gasteiger charge is 2.35. The molecule has 33 heavy (non-hydrogen) atoms. The molecule has 0 atom stereocenters. The molecule has 0 unspecified atom stereocenters. The molecule has 4 aromatic rings. The third kappa shape index (κ3) is 5.18. The molecule has 1 aromatic heterocycles. The fraction of sp³-hybridized carbons (Fsp3) is 0.0833. The number of rotatable bonds is 6. The number of halogens is 4. The normalized spacial score (nSPS) is 11.4. The van der Waals surface area contributed by atoms with Gasteiger partial charge in [0.2, 0.25) is 0 Å². The molecular formula is C24H15ClF3NO4. The first kappa shape index (κ1) is 22.4. The van der Waals surface area contributed by atoms with Gasteiger partial charge in [-0.25, -0.2) is 4.98 Å². The van der Waals surface area contributed by atoms with Gasteiger partial charge in [0.15, 0.2) is 0 Å². The number of ether oxygens (including phenoxy) is 2. The molecule has 9 heteroatoms. The molecule has 0 radical (unpaired) electrons. The first-order chi connectivity index (χ1) is 15.7. The smallest absolute Gasteiger partial charge is 0.420 e. The summed E-state index contributed by atoms with van der Waals surface area (Å²) in [5, 5.41) is 10.3. The van der Waals surface area contributed by atoms with Gasteiger partial charge in [-0.3, -0.25) is 4.79 Å². The first-order valence-electron chi connectivity index (χ1n) is 9.61. The van der Waals surface area contributed by atoms with Gasteiger partial charge in [0, 0.05) is 6.20 Å². The predicted molar refractivity (Wildman–Crippen MR) is 116 cm³/mol. The Morgan fingerprint density at radius 3 is 2.42 bits per heavy atom. The van der Waals surface area contributed by atoms with E-state index in [-0.39, 0.29) is 28.8 Å². The van der Waals surface area contributed by atoms with Gasteiger partial charge in [-0.05, 0) is 53.4 Å². The molecule has 0 aliphatic rings. The molecule has 0 bridgehead atoms. The summed E-state index contributed by atoms with van der Waals surface area (Å²) in [7, 11) is 0. The fourth-order valence-electron chi connectivity index (χ4n) is 3.27. The molecule has 1 N–H and O–H groups in total. The molecule has 4 rings (SSSR count). The zero-order valence-electron chi connectivity index (χ0n) is 16.8. The summed E-state index contributed by atoms with van der Waals surface area (Å²) in [6, 6.07) is 16.0. The molecule has 3 aromatic carbocycles. The standard InChI is InChI=1S/C24H15ClF3NO4/c25-23-22-15(9-10-29-23)4-2-6-20(22)33-17-7-8-19(18(13-17)24(26,27)28)32-16-5-1-3-14(11-16)12-21(30)31/h1-11,13H,12H2,(H,30,31). The van der Waals surface area contributed by atoms with Crippen LogP contribution in [0.5, 0.6) is 23.0 Å². The van der Waals surface area contributed by atoms with Gasteiger partial charge in [0.1, 0.15) is 33.7 Å². The van der Waals surface area contributed by atoms with Gasteiger partial charge >= 0.3 is 12.1 Å². The second-order valence-electron chi connectivity index (χ2n) is 7.03. The van der Waals surface area contributed by atoms with E-state index in [4.69, 9.17) is 26.2 Å². The second kappa shape index (κ2) is 8.99. The number of benzene rings is 3. The number of carboxylic acid groups (broad SMARTS) is 1. The topological polar surface area (TPSA) is 68.7 Å². The molecule has 0 amide bonds. The minimum atomic E-state index is -4.73. The van der Waals surface area contributed by atoms with Crippen LogP contribution < -0.4 is 9.47 Å². The van der Waals surface area contributed by atoms with E-state index in [0.717, 1.165) is 17.5 Å². The highest BCUT2D eigenvalue weighted by atomic mass is 35.5. The molecule has 0 saturated carbocycles. The summed E-state index contributed by atoms with van der Waals surface area (Å²) in [6.45, 7) is 0. The van der Waals surface area contributed by atoms with Crippen LogP contribution in [0.1, 0.15) is 11.1 Å². The van der Waals surface area contributed by atoms with E-state index < -0.39 is 23.5 Å². The summed E-state index contributed by atoms with van der Waals surface area (Å²) in [4.78, 5) is 14.9. The Labute approximate surface area is 191 Å². The molecule has 1 heterocycles. The lowest BCUT2D eigenvalue weighted by atomic mass is 10.1. The van der Waals surface area contributed by atoms with E-state index in [9.17, 15) is 18.0 Å². The Bertz CT molecular complexity index is 1340. The molecule has 5 nitrogen and oxygen atoms in total. The average molecular weight is 474 g/mol. The Hall–Kier alpha value is -3.78. The van der Waals surface area contributed by atoms with E-state index >= 15 is 0 Å². The Morgan fingerprint density at radius 1 is 0.939 bits per heavy atom. The zero-order valence-corrected chi connectivity index (χ0v) is 17.5. The van der Waals surface area contributed by atoms with Crippen LogP contribution in [-0.2, 0) is 17.4 Å². The highest BCUT2D eigenvalue weighted by molar-refractivity contribution is 6.34. The minimum Gasteiger partial charge on any atom is -0.481 e. The van der Waals surface area contributed by atoms with Crippen LogP contribution in [0, 0.1) is 0 Å². The molecular weight excluding hydrogens is 459 g/mol. The minimum absolute atomic E-state index is 0.0678. The number of hydrogen-bond donors (Lipinski definition) is 1. The van der Waals surface area contributed by atoms with Crippen molar-refractivity contribution in [2.45, 2.75) is 12.6 Å². The monoisotopic (exact) mass is 473 g/mol. The van der Waals surface area contributed by atoms with Crippen molar-refractivity contribution in [3.63, 3.8) is 0 Å². The summed E-state index contributed by atoms with van der Waals surface area (Å²) >= 11 is 6.16. The van der Waals surface area contributed by atoms with Crippen LogP contribution >= 0.6 is 11.6 Å². The number of alkyl halides is 3. The molecule has 0 spiro atoms. The Morgan fingerprint density at radius 2 is 1.67 bits per heavy atom. The van der Waals surface area contributed by atoms with Gasteiger partial charge in [-0.15, -0.1) is 0 Å². The van der Waals surface area contributed by atoms with E-state index in [1.165, 1.54) is 30.5 Å². The van der Waals surface area contributed by atoms with Crippen molar-refractivity contribution < 1.29 is 32.5 Å². The van der Waals surface area contributed by atoms with E-state index in [2.05, 4.69) is 4.98 Å². The predicted octanol–water partition coefficient (Wildman–Crippen LogP) is 7.12. The maximum atomic E-state index is 13.8. The summed E-state index contributed by atoms with van der Waals surface area (Å²) in [5.41, 5.74) is -0.650. The third-order valence-electron chi connectivity index (χ3n) is 4.67. The van der Waals surface area contributed by atoms with Gasteiger partial charge < -0.3 is 14.6 Å². The van der Waals surface area contributed by atoms with E-state index in [1.807, 2.05) is 0 Å². The highest BCUT2D eigenvalue weighted by Crippen LogP contribution is 2.42. The first-order valence-corrected chi connectivity index (χ1v) is 9.99. The summed E-state index contributed by atoms with van der Waals surface area (Å²) in [5.74, 6) is -1.23. The van der Waals surface area contributed by atoms with Crippen LogP contribution in [0.4, 0.5) is 13.2 Å². The van der Waals surface area contributed by atoms with Crippen molar-refractivity contribution in [3.8, 4) is 23.0 Å². The number of nitrogens with zero attached hydrogens (tertiary/aromatic N) is 1. The van der Waals surface area contributed by atoms with Crippen molar-refractivity contribution in [2.24, 2.45) is 0 Å². The van der Waals surface area contributed by atoms with Crippen molar-refractivity contribution in [1.82, 2.24) is 4.98 Å². The van der Waals surface area contributed by atoms with Gasteiger partial charge in [-0.2, -0.15) is 13.2 Å². The van der Waals surface area contributed by atoms with Gasteiger partial charge in [-0.1, -0.05) is 35.9 Å². The van der Waals surface area contributed by atoms with Crippen molar-refractivity contribution in [3.05, 3.63) is 89.2 Å². The number of aromatic nitrogens is 1. The third-order valence-corrected chi connectivity index (χ3v) is 4.96. The van der Waals surface area contributed by atoms with Crippen molar-refractivity contribution in [2.75, 3.05) is 0 Å². The average Bonchev–Trinajstić information content (AvgIpc) is 2.74. The number of aliphatic carboxylic acids is 1. The van der Waals surface area contributed by atoms with E-state index in [0.29, 0.717) is 10.9 Å². The quantitative estimate of drug-likeness (QED) is 0.302. The molecule has 0 aliphatic carbocycles. The van der Waals surface area contributed by atoms with Crippen molar-refractivity contribution in [1.29, 1.82) is 0 Å². The fourth-order valence-corrected chi connectivity index (χ4v) is 3.53. The van der Waals surface area contributed by atoms with Crippen LogP contribution in [0.15, 0.2) is 72.9 Å². The Balaban J connectivity index is 1.68. The molecule has 168 valence electrons. The van der Waals surface area contributed by atoms with Crippen LogP contribution in [0.25, 0.3) is 10.8 Å². The number of carbonyl (C=O) groups is 1. The molecule has 0 aliphatic heterocycles. The van der Waals surface area contributed by atoms with Gasteiger partial charge in [0.25, 0.3) is 0 Å². The van der Waals surface area contributed by atoms with Crippen LogP contribution in [0.3, 0.4) is 0 Å². The van der Waals surface area contributed by atoms with Crippen molar-refractivity contribution >= 4 is 28.3 Å². The summed E-state index contributed by atoms with van der Waals surface area (Å²) < 4.78 is 52.6. The SMILES string of the molecule is O=C(O)Cc1cccc(Oc2ccc(Oc3cccc4ccnc(Cl)c34)cc2C(F)(F)F)c1. The number of hydrogen-bond acceptors (Lipinski definition) is 4. The van der Waals surface area contributed by atoms with Gasteiger partial charge in [0.05, 0.1) is 11.8 Å². The largest absolute Gasteiger partial charge is 0.481 e. The summed E-state index contributed by atoms with van der Waals surface area (Å²) in [6.07, 6.45) is -3.49.